The van der Waals surface area contributed by atoms with E-state index in [0.29, 0.717) is 29.0 Å². The van der Waals surface area contributed by atoms with Gasteiger partial charge in [-0.25, -0.2) is 0 Å². The molecule has 0 bridgehead atoms. The molecule has 146 valence electrons. The minimum atomic E-state index is -1.90. The van der Waals surface area contributed by atoms with Crippen LogP contribution in [0.25, 0.3) is 0 Å². The molecule has 0 fully saturated rings. The zero-order chi connectivity index (χ0) is 20.6. The van der Waals surface area contributed by atoms with Gasteiger partial charge in [-0.3, -0.25) is 9.59 Å². The van der Waals surface area contributed by atoms with E-state index >= 15 is 0 Å². The van der Waals surface area contributed by atoms with Gasteiger partial charge in [-0.15, -0.1) is 0 Å². The molecule has 3 aromatic rings. The third-order valence-corrected chi connectivity index (χ3v) is 5.33. The van der Waals surface area contributed by atoms with Crippen molar-refractivity contribution in [2.45, 2.75) is 25.5 Å². The van der Waals surface area contributed by atoms with Gasteiger partial charge < -0.3 is 15.7 Å². The number of hydrogen-bond acceptors (Lipinski definition) is 4. The topological polar surface area (TPSA) is 83.6 Å². The highest BCUT2D eigenvalue weighted by atomic mass is 16.3. The van der Waals surface area contributed by atoms with Gasteiger partial charge >= 0.3 is 0 Å². The molecule has 5 nitrogen and oxygen atoms in total. The summed E-state index contributed by atoms with van der Waals surface area (Å²) >= 11 is 0. The summed E-state index contributed by atoms with van der Waals surface area (Å²) in [6.07, 6.45) is -0.337. The van der Waals surface area contributed by atoms with E-state index in [1.807, 2.05) is 37.3 Å². The molecule has 0 spiro atoms. The maximum absolute atomic E-state index is 13.3. The second-order valence-electron chi connectivity index (χ2n) is 7.48. The predicted molar refractivity (Wildman–Crippen MR) is 113 cm³/mol. The first-order valence-electron chi connectivity index (χ1n) is 9.46. The van der Waals surface area contributed by atoms with Crippen LogP contribution >= 0.6 is 0 Å². The van der Waals surface area contributed by atoms with E-state index < -0.39 is 11.5 Å². The van der Waals surface area contributed by atoms with Crippen molar-refractivity contribution in [3.8, 4) is 0 Å². The van der Waals surface area contributed by atoms with Gasteiger partial charge in [0.2, 0.25) is 0 Å². The fraction of sp³-hybridized carbons (Fsp3) is 0.167. The Morgan fingerprint density at radius 3 is 2.48 bits per heavy atom. The number of Topliss-reactive ketones (excluding diaryl/α,β-unsaturated/α-hetero) is 1. The molecule has 4 rings (SSSR count). The number of carbonyl (C=O) groups excluding carboxylic acids is 2. The molecule has 1 aliphatic heterocycles. The fourth-order valence-electron chi connectivity index (χ4n) is 3.76. The van der Waals surface area contributed by atoms with Crippen LogP contribution in [0.4, 0.5) is 11.4 Å². The SMILES string of the molecule is Cc1ccc(CN2C(=O)[C@@](O)(CC(=O)c3cccc(N)c3)c3ccccc32)cc1. The standard InChI is InChI=1S/C24H22N2O3/c1-16-9-11-17(12-10-16)15-26-21-8-3-2-7-20(21)24(29,23(26)28)14-22(27)18-5-4-6-19(25)13-18/h2-13,29H,14-15,25H2,1H3/t24-/m1/s1. The summed E-state index contributed by atoms with van der Waals surface area (Å²) < 4.78 is 0. The molecule has 0 saturated heterocycles. The summed E-state index contributed by atoms with van der Waals surface area (Å²) in [5, 5.41) is 11.4. The number of nitrogens with two attached hydrogens (primary N) is 1. The third-order valence-electron chi connectivity index (χ3n) is 5.33. The molecule has 0 aliphatic carbocycles. The normalized spacial score (nSPS) is 18.0. The number of hydrogen-bond donors (Lipinski definition) is 2. The number of anilines is 2. The number of carbonyl (C=O) groups is 2. The molecule has 0 aromatic heterocycles. The van der Waals surface area contributed by atoms with Crippen LogP contribution in [0.15, 0.2) is 72.8 Å². The average molecular weight is 386 g/mol. The summed E-state index contributed by atoms with van der Waals surface area (Å²) in [5.41, 5.74) is 7.86. The lowest BCUT2D eigenvalue weighted by molar-refractivity contribution is -0.136. The third kappa shape index (κ3) is 3.41. The Labute approximate surface area is 169 Å². The van der Waals surface area contributed by atoms with Gasteiger partial charge in [0.25, 0.3) is 5.91 Å². The van der Waals surface area contributed by atoms with Gasteiger partial charge in [0.1, 0.15) is 0 Å². The number of nitrogens with zero attached hydrogens (tertiary/aromatic N) is 1. The van der Waals surface area contributed by atoms with Crippen LogP contribution in [-0.4, -0.2) is 16.8 Å². The fourth-order valence-corrected chi connectivity index (χ4v) is 3.76. The van der Waals surface area contributed by atoms with Crippen LogP contribution in [0.3, 0.4) is 0 Å². The molecule has 1 aliphatic rings. The maximum atomic E-state index is 13.3. The highest BCUT2D eigenvalue weighted by molar-refractivity contribution is 6.10. The molecule has 29 heavy (non-hydrogen) atoms. The molecule has 0 radical (unpaired) electrons. The average Bonchev–Trinajstić information content (AvgIpc) is 2.92. The molecular formula is C24H22N2O3. The number of ketones is 1. The number of aryl methyl sites for hydroxylation is 1. The number of aliphatic hydroxyl groups is 1. The quantitative estimate of drug-likeness (QED) is 0.519. The summed E-state index contributed by atoms with van der Waals surface area (Å²) in [7, 11) is 0. The monoisotopic (exact) mass is 386 g/mol. The Balaban J connectivity index is 1.67. The molecule has 1 heterocycles. The zero-order valence-corrected chi connectivity index (χ0v) is 16.1. The molecule has 0 unspecified atom stereocenters. The van der Waals surface area contributed by atoms with Crippen molar-refractivity contribution in [1.82, 2.24) is 0 Å². The summed E-state index contributed by atoms with van der Waals surface area (Å²) in [6.45, 7) is 2.33. The molecule has 1 atom stereocenters. The Hall–Kier alpha value is -3.44. The molecule has 3 N–H and O–H groups in total. The van der Waals surface area contributed by atoms with Crippen molar-refractivity contribution in [3.63, 3.8) is 0 Å². The molecule has 3 aromatic carbocycles. The Morgan fingerprint density at radius 1 is 1.03 bits per heavy atom. The predicted octanol–water partition coefficient (Wildman–Crippen LogP) is 3.58. The van der Waals surface area contributed by atoms with E-state index in [0.717, 1.165) is 11.1 Å². The lowest BCUT2D eigenvalue weighted by Gasteiger charge is -2.23. The van der Waals surface area contributed by atoms with Crippen LogP contribution in [0.5, 0.6) is 0 Å². The van der Waals surface area contributed by atoms with E-state index in [1.165, 1.54) is 0 Å². The van der Waals surface area contributed by atoms with Gasteiger partial charge in [0, 0.05) is 16.8 Å². The van der Waals surface area contributed by atoms with Crippen molar-refractivity contribution in [1.29, 1.82) is 0 Å². The number of amides is 1. The minimum Gasteiger partial charge on any atom is -0.399 e. The van der Waals surface area contributed by atoms with Crippen molar-refractivity contribution in [2.24, 2.45) is 0 Å². The van der Waals surface area contributed by atoms with Crippen LogP contribution < -0.4 is 10.6 Å². The van der Waals surface area contributed by atoms with Crippen molar-refractivity contribution in [3.05, 3.63) is 95.1 Å². The summed E-state index contributed by atoms with van der Waals surface area (Å²) in [4.78, 5) is 27.7. The number of para-hydroxylation sites is 1. The number of fused-ring (bicyclic) bond motifs is 1. The molecule has 0 saturated carbocycles. The zero-order valence-electron chi connectivity index (χ0n) is 16.1. The molecular weight excluding hydrogens is 364 g/mol. The summed E-state index contributed by atoms with van der Waals surface area (Å²) in [5.74, 6) is -0.823. The Kier molecular flexibility index (Phi) is 4.68. The largest absolute Gasteiger partial charge is 0.399 e. The Morgan fingerprint density at radius 2 is 1.76 bits per heavy atom. The van der Waals surface area contributed by atoms with Gasteiger partial charge in [0.15, 0.2) is 11.4 Å². The molecule has 5 heteroatoms. The number of benzene rings is 3. The highest BCUT2D eigenvalue weighted by Crippen LogP contribution is 2.43. The van der Waals surface area contributed by atoms with Crippen molar-refractivity contribution >= 4 is 23.1 Å². The van der Waals surface area contributed by atoms with Crippen molar-refractivity contribution in [2.75, 3.05) is 10.6 Å². The lowest BCUT2D eigenvalue weighted by Crippen LogP contribution is -2.41. The number of rotatable bonds is 5. The Bertz CT molecular complexity index is 1090. The van der Waals surface area contributed by atoms with Crippen LogP contribution in [0, 0.1) is 6.92 Å². The van der Waals surface area contributed by atoms with Gasteiger partial charge in [0.05, 0.1) is 18.7 Å². The smallest absolute Gasteiger partial charge is 0.264 e. The van der Waals surface area contributed by atoms with Crippen LogP contribution in [0.1, 0.15) is 33.5 Å². The van der Waals surface area contributed by atoms with Gasteiger partial charge in [-0.2, -0.15) is 0 Å². The maximum Gasteiger partial charge on any atom is 0.264 e. The van der Waals surface area contributed by atoms with E-state index in [2.05, 4.69) is 0 Å². The van der Waals surface area contributed by atoms with Crippen LogP contribution in [0.2, 0.25) is 0 Å². The van der Waals surface area contributed by atoms with E-state index in [4.69, 9.17) is 5.73 Å². The lowest BCUT2D eigenvalue weighted by atomic mass is 9.88. The molecule has 1 amide bonds. The summed E-state index contributed by atoms with van der Waals surface area (Å²) in [6, 6.07) is 21.5. The first-order valence-corrected chi connectivity index (χ1v) is 9.46. The highest BCUT2D eigenvalue weighted by Gasteiger charge is 2.50. The van der Waals surface area contributed by atoms with E-state index in [9.17, 15) is 14.7 Å². The second-order valence-corrected chi connectivity index (χ2v) is 7.48. The van der Waals surface area contributed by atoms with E-state index in [-0.39, 0.29) is 12.2 Å². The number of nitrogen functional groups attached to an aromatic ring is 1. The van der Waals surface area contributed by atoms with Crippen LogP contribution in [-0.2, 0) is 16.9 Å². The first kappa shape index (κ1) is 18.9. The van der Waals surface area contributed by atoms with Gasteiger partial charge in [-0.05, 0) is 30.7 Å². The van der Waals surface area contributed by atoms with Crippen molar-refractivity contribution < 1.29 is 14.7 Å². The second kappa shape index (κ2) is 7.18. The van der Waals surface area contributed by atoms with Gasteiger partial charge in [-0.1, -0.05) is 60.2 Å². The first-order chi connectivity index (χ1) is 13.9. The van der Waals surface area contributed by atoms with E-state index in [1.54, 1.807) is 47.4 Å². The minimum absolute atomic E-state index is 0.324.